The number of anilines is 1. The molecule has 7 nitrogen and oxygen atoms in total. The highest BCUT2D eigenvalue weighted by Gasteiger charge is 2.32. The maximum atomic E-state index is 11.9. The fourth-order valence-electron chi connectivity index (χ4n) is 1.72. The fourth-order valence-corrected chi connectivity index (χ4v) is 1.72. The van der Waals surface area contributed by atoms with Crippen LogP contribution < -0.4 is 11.3 Å². The van der Waals surface area contributed by atoms with E-state index in [4.69, 9.17) is 5.84 Å². The standard InChI is InChI=1S/C10H14N4O3/c11-13-9-2-1-6(3-12-9)10(17)14-4-7(15)8(16)5-14/h1-3,7-8,15-16H,4-5,11H2,(H,12,13). The number of likely N-dealkylation sites (tertiary alicyclic amines) is 1. The predicted octanol–water partition coefficient (Wildman–Crippen LogP) is -1.46. The summed E-state index contributed by atoms with van der Waals surface area (Å²) >= 11 is 0. The van der Waals surface area contributed by atoms with Gasteiger partial charge >= 0.3 is 0 Å². The lowest BCUT2D eigenvalue weighted by atomic mass is 10.2. The number of rotatable bonds is 2. The van der Waals surface area contributed by atoms with Crippen molar-refractivity contribution in [3.05, 3.63) is 23.9 Å². The Balaban J connectivity index is 2.09. The molecule has 1 fully saturated rings. The van der Waals surface area contributed by atoms with E-state index in [1.807, 2.05) is 0 Å². The monoisotopic (exact) mass is 238 g/mol. The van der Waals surface area contributed by atoms with Gasteiger partial charge in [-0.1, -0.05) is 0 Å². The van der Waals surface area contributed by atoms with E-state index in [-0.39, 0.29) is 19.0 Å². The van der Waals surface area contributed by atoms with Gasteiger partial charge in [0, 0.05) is 19.3 Å². The molecule has 5 N–H and O–H groups in total. The molecule has 1 aromatic rings. The van der Waals surface area contributed by atoms with E-state index in [1.54, 1.807) is 12.1 Å². The summed E-state index contributed by atoms with van der Waals surface area (Å²) in [4.78, 5) is 17.3. The number of aliphatic hydroxyl groups excluding tert-OH is 2. The number of hydrazine groups is 1. The maximum absolute atomic E-state index is 11.9. The number of amides is 1. The van der Waals surface area contributed by atoms with E-state index in [9.17, 15) is 15.0 Å². The molecule has 0 aromatic carbocycles. The Morgan fingerprint density at radius 1 is 1.41 bits per heavy atom. The molecule has 0 aliphatic carbocycles. The van der Waals surface area contributed by atoms with Gasteiger partial charge in [-0.15, -0.1) is 0 Å². The van der Waals surface area contributed by atoms with Crippen LogP contribution in [0.3, 0.4) is 0 Å². The first-order valence-electron chi connectivity index (χ1n) is 5.20. The van der Waals surface area contributed by atoms with E-state index >= 15 is 0 Å². The number of nitrogens with zero attached hydrogens (tertiary/aromatic N) is 2. The number of nitrogens with one attached hydrogen (secondary N) is 1. The summed E-state index contributed by atoms with van der Waals surface area (Å²) in [6.45, 7) is 0.272. The summed E-state index contributed by atoms with van der Waals surface area (Å²) in [6, 6.07) is 3.16. The number of carbonyl (C=O) groups excluding carboxylic acids is 1. The third-order valence-corrected chi connectivity index (χ3v) is 2.70. The number of aromatic nitrogens is 1. The molecule has 1 saturated heterocycles. The van der Waals surface area contributed by atoms with Gasteiger partial charge in [0.05, 0.1) is 17.8 Å². The van der Waals surface area contributed by atoms with Crippen molar-refractivity contribution in [2.75, 3.05) is 18.5 Å². The first-order valence-corrected chi connectivity index (χ1v) is 5.20. The van der Waals surface area contributed by atoms with Gasteiger partial charge in [0.25, 0.3) is 5.91 Å². The van der Waals surface area contributed by atoms with Gasteiger partial charge in [-0.25, -0.2) is 10.8 Å². The number of hydrogen-bond acceptors (Lipinski definition) is 6. The number of nitrogens with two attached hydrogens (primary N) is 1. The highest BCUT2D eigenvalue weighted by molar-refractivity contribution is 5.94. The SMILES string of the molecule is NNc1ccc(C(=O)N2CC(O)C(O)C2)cn1. The Kier molecular flexibility index (Phi) is 3.23. The van der Waals surface area contributed by atoms with E-state index in [1.165, 1.54) is 11.1 Å². The minimum atomic E-state index is -0.878. The smallest absolute Gasteiger partial charge is 0.255 e. The van der Waals surface area contributed by atoms with Gasteiger partial charge < -0.3 is 20.5 Å². The molecule has 1 aliphatic heterocycles. The van der Waals surface area contributed by atoms with Crippen LogP contribution in [0.5, 0.6) is 0 Å². The molecular weight excluding hydrogens is 224 g/mol. The first kappa shape index (κ1) is 11.8. The molecule has 7 heteroatoms. The Labute approximate surface area is 97.8 Å². The summed E-state index contributed by atoms with van der Waals surface area (Å²) < 4.78 is 0. The van der Waals surface area contributed by atoms with Crippen molar-refractivity contribution >= 4 is 11.7 Å². The lowest BCUT2D eigenvalue weighted by Gasteiger charge is -2.15. The fraction of sp³-hybridized carbons (Fsp3) is 0.400. The van der Waals surface area contributed by atoms with Gasteiger partial charge in [-0.2, -0.15) is 0 Å². The molecule has 2 atom stereocenters. The molecule has 2 heterocycles. The number of pyridine rings is 1. The van der Waals surface area contributed by atoms with Crippen LogP contribution >= 0.6 is 0 Å². The number of carbonyl (C=O) groups is 1. The first-order chi connectivity index (χ1) is 8.11. The van der Waals surface area contributed by atoms with Gasteiger partial charge in [0.2, 0.25) is 0 Å². The summed E-state index contributed by atoms with van der Waals surface area (Å²) in [5.41, 5.74) is 2.75. The molecule has 1 aromatic heterocycles. The highest BCUT2D eigenvalue weighted by Crippen LogP contribution is 2.14. The summed E-state index contributed by atoms with van der Waals surface area (Å²) in [5.74, 6) is 5.35. The lowest BCUT2D eigenvalue weighted by molar-refractivity contribution is 0.0572. The number of nitrogen functional groups attached to an aromatic ring is 1. The van der Waals surface area contributed by atoms with Crippen molar-refractivity contribution in [1.29, 1.82) is 0 Å². The molecule has 92 valence electrons. The summed E-state index contributed by atoms with van der Waals surface area (Å²) in [5, 5.41) is 18.7. The zero-order chi connectivity index (χ0) is 12.4. The van der Waals surface area contributed by atoms with Crippen molar-refractivity contribution < 1.29 is 15.0 Å². The minimum absolute atomic E-state index is 0.136. The van der Waals surface area contributed by atoms with E-state index in [2.05, 4.69) is 10.4 Å². The molecule has 17 heavy (non-hydrogen) atoms. The maximum Gasteiger partial charge on any atom is 0.255 e. The van der Waals surface area contributed by atoms with E-state index in [0.29, 0.717) is 11.4 Å². The van der Waals surface area contributed by atoms with Crippen LogP contribution in [0.25, 0.3) is 0 Å². The predicted molar refractivity (Wildman–Crippen MR) is 60.0 cm³/mol. The van der Waals surface area contributed by atoms with Crippen molar-refractivity contribution in [1.82, 2.24) is 9.88 Å². The Hall–Kier alpha value is -1.70. The Morgan fingerprint density at radius 2 is 2.06 bits per heavy atom. The van der Waals surface area contributed by atoms with E-state index in [0.717, 1.165) is 0 Å². The topological polar surface area (TPSA) is 112 Å². The van der Waals surface area contributed by atoms with E-state index < -0.39 is 12.2 Å². The van der Waals surface area contributed by atoms with Crippen molar-refractivity contribution in [3.8, 4) is 0 Å². The second kappa shape index (κ2) is 4.66. The molecule has 1 aliphatic rings. The largest absolute Gasteiger partial charge is 0.388 e. The third-order valence-electron chi connectivity index (χ3n) is 2.70. The van der Waals surface area contributed by atoms with Crippen LogP contribution in [-0.4, -0.2) is 51.3 Å². The van der Waals surface area contributed by atoms with Crippen LogP contribution in [0.4, 0.5) is 5.82 Å². The molecular formula is C10H14N4O3. The second-order valence-electron chi connectivity index (χ2n) is 3.92. The van der Waals surface area contributed by atoms with Crippen molar-refractivity contribution in [2.45, 2.75) is 12.2 Å². The molecule has 2 rings (SSSR count). The van der Waals surface area contributed by atoms with Crippen LogP contribution in [0, 0.1) is 0 Å². The van der Waals surface area contributed by atoms with Gasteiger partial charge in [0.1, 0.15) is 5.82 Å². The molecule has 0 spiro atoms. The van der Waals surface area contributed by atoms with Crippen molar-refractivity contribution in [3.63, 3.8) is 0 Å². The number of β-amino-alcohol motifs (C(OH)–C–C–N with tert-alkyl or cyclic N) is 2. The quantitative estimate of drug-likeness (QED) is 0.370. The zero-order valence-electron chi connectivity index (χ0n) is 9.08. The third kappa shape index (κ3) is 2.36. The molecule has 1 amide bonds. The van der Waals surface area contributed by atoms with Gasteiger partial charge in [0.15, 0.2) is 0 Å². The average molecular weight is 238 g/mol. The normalized spacial score (nSPS) is 23.8. The number of aliphatic hydroxyl groups is 2. The zero-order valence-corrected chi connectivity index (χ0v) is 9.08. The van der Waals surface area contributed by atoms with Crippen LogP contribution in [0.2, 0.25) is 0 Å². The minimum Gasteiger partial charge on any atom is -0.388 e. The summed E-state index contributed by atoms with van der Waals surface area (Å²) in [6.07, 6.45) is -0.358. The van der Waals surface area contributed by atoms with Crippen molar-refractivity contribution in [2.24, 2.45) is 5.84 Å². The molecule has 0 bridgehead atoms. The highest BCUT2D eigenvalue weighted by atomic mass is 16.3. The van der Waals surface area contributed by atoms with Gasteiger partial charge in [-0.3, -0.25) is 4.79 Å². The average Bonchev–Trinajstić information content (AvgIpc) is 2.69. The van der Waals surface area contributed by atoms with Gasteiger partial charge in [-0.05, 0) is 12.1 Å². The molecule has 2 unspecified atom stereocenters. The second-order valence-corrected chi connectivity index (χ2v) is 3.92. The van der Waals surface area contributed by atoms with Crippen LogP contribution in [0.1, 0.15) is 10.4 Å². The van der Waals surface area contributed by atoms with Crippen LogP contribution in [-0.2, 0) is 0 Å². The Bertz CT molecular complexity index is 399. The summed E-state index contributed by atoms with van der Waals surface area (Å²) in [7, 11) is 0. The Morgan fingerprint density at radius 3 is 2.53 bits per heavy atom. The van der Waals surface area contributed by atoms with Crippen LogP contribution in [0.15, 0.2) is 18.3 Å². The number of hydrogen-bond donors (Lipinski definition) is 4. The molecule has 0 saturated carbocycles. The molecule has 0 radical (unpaired) electrons. The lowest BCUT2D eigenvalue weighted by Crippen LogP contribution is -2.29.